The van der Waals surface area contributed by atoms with Gasteiger partial charge in [-0.05, 0) is 23.7 Å². The van der Waals surface area contributed by atoms with E-state index in [1.165, 1.54) is 0 Å². The van der Waals surface area contributed by atoms with Crippen molar-refractivity contribution in [3.05, 3.63) is 48.6 Å². The Labute approximate surface area is 86.5 Å². The fourth-order valence-corrected chi connectivity index (χ4v) is 3.08. The molecule has 0 heterocycles. The highest BCUT2D eigenvalue weighted by molar-refractivity contribution is 6.12. The molecule has 2 radical (unpaired) electrons. The van der Waals surface area contributed by atoms with Crippen molar-refractivity contribution < 1.29 is 0 Å². The Bertz CT molecular complexity index is 314. The molecule has 0 aromatic heterocycles. The van der Waals surface area contributed by atoms with Crippen molar-refractivity contribution in [1.29, 1.82) is 0 Å². The molecule has 14 heavy (non-hydrogen) atoms. The molecule has 1 fully saturated rings. The molecule has 4 atom stereocenters. The Hall–Kier alpha value is -0.975. The molecule has 3 aliphatic rings. The maximum Gasteiger partial charge on any atom is 0.0716 e. The second kappa shape index (κ2) is 3.01. The van der Waals surface area contributed by atoms with Gasteiger partial charge in [-0.25, -0.2) is 0 Å². The van der Waals surface area contributed by atoms with Crippen molar-refractivity contribution in [1.82, 2.24) is 0 Å². The van der Waals surface area contributed by atoms with Gasteiger partial charge in [0.15, 0.2) is 0 Å². The summed E-state index contributed by atoms with van der Waals surface area (Å²) in [6.45, 7) is 0. The van der Waals surface area contributed by atoms with Gasteiger partial charge in [-0.15, -0.1) is 0 Å². The molecule has 0 spiro atoms. The van der Waals surface area contributed by atoms with Crippen LogP contribution < -0.4 is 0 Å². The van der Waals surface area contributed by atoms with Gasteiger partial charge in [-0.2, -0.15) is 0 Å². The molecule has 68 valence electrons. The largest absolute Gasteiger partial charge is 0.0813 e. The SMILES string of the molecule is [B]C1C2C=CC=CC2C2C=CC=CC12. The molecule has 0 aromatic carbocycles. The molecular formula is C13H13B. The third-order valence-corrected chi connectivity index (χ3v) is 3.78. The number of rotatable bonds is 0. The van der Waals surface area contributed by atoms with Gasteiger partial charge in [0.2, 0.25) is 0 Å². The lowest BCUT2D eigenvalue weighted by Crippen LogP contribution is -2.14. The first-order valence-electron chi connectivity index (χ1n) is 5.33. The monoisotopic (exact) mass is 180 g/mol. The van der Waals surface area contributed by atoms with Gasteiger partial charge >= 0.3 is 0 Å². The van der Waals surface area contributed by atoms with Gasteiger partial charge in [0, 0.05) is 0 Å². The average molecular weight is 180 g/mol. The molecule has 0 bridgehead atoms. The zero-order chi connectivity index (χ0) is 9.54. The van der Waals surface area contributed by atoms with E-state index in [0.29, 0.717) is 29.5 Å². The molecule has 0 saturated heterocycles. The van der Waals surface area contributed by atoms with Gasteiger partial charge in [-0.3, -0.25) is 0 Å². The zero-order valence-corrected chi connectivity index (χ0v) is 8.08. The maximum atomic E-state index is 6.27. The number of fused-ring (bicyclic) bond motifs is 3. The fraction of sp³-hybridized carbons (Fsp3) is 0.385. The van der Waals surface area contributed by atoms with Crippen LogP contribution in [0.5, 0.6) is 0 Å². The minimum atomic E-state index is 0.299. The van der Waals surface area contributed by atoms with Gasteiger partial charge in [0.25, 0.3) is 0 Å². The molecule has 0 aliphatic heterocycles. The topological polar surface area (TPSA) is 0 Å². The van der Waals surface area contributed by atoms with Crippen LogP contribution in [-0.4, -0.2) is 7.85 Å². The quantitative estimate of drug-likeness (QED) is 0.502. The summed E-state index contributed by atoms with van der Waals surface area (Å²) in [5, 5.41) is 0. The van der Waals surface area contributed by atoms with Crippen LogP contribution in [-0.2, 0) is 0 Å². The summed E-state index contributed by atoms with van der Waals surface area (Å²) in [6, 6.07) is 0. The van der Waals surface area contributed by atoms with Crippen LogP contribution in [0.1, 0.15) is 0 Å². The first-order valence-corrected chi connectivity index (χ1v) is 5.33. The van der Waals surface area contributed by atoms with Crippen molar-refractivity contribution in [2.24, 2.45) is 23.7 Å². The average Bonchev–Trinajstić information content (AvgIpc) is 2.55. The number of hydrogen-bond acceptors (Lipinski definition) is 0. The predicted molar refractivity (Wildman–Crippen MR) is 60.0 cm³/mol. The van der Waals surface area contributed by atoms with E-state index in [2.05, 4.69) is 48.6 Å². The smallest absolute Gasteiger partial charge is 0.0716 e. The fourth-order valence-electron chi connectivity index (χ4n) is 3.08. The van der Waals surface area contributed by atoms with Crippen molar-refractivity contribution in [3.8, 4) is 0 Å². The van der Waals surface area contributed by atoms with Crippen molar-refractivity contribution in [2.45, 2.75) is 5.82 Å². The summed E-state index contributed by atoms with van der Waals surface area (Å²) in [5.74, 6) is 2.64. The molecule has 1 saturated carbocycles. The van der Waals surface area contributed by atoms with Gasteiger partial charge in [0.1, 0.15) is 0 Å². The lowest BCUT2D eigenvalue weighted by atomic mass is 9.71. The summed E-state index contributed by atoms with van der Waals surface area (Å²) in [4.78, 5) is 0. The Kier molecular flexibility index (Phi) is 1.80. The molecular weight excluding hydrogens is 167 g/mol. The number of allylic oxidation sites excluding steroid dienone is 8. The van der Waals surface area contributed by atoms with Gasteiger partial charge < -0.3 is 0 Å². The summed E-state index contributed by atoms with van der Waals surface area (Å²) in [7, 11) is 6.27. The molecule has 0 N–H and O–H groups in total. The van der Waals surface area contributed by atoms with Crippen molar-refractivity contribution >= 4 is 7.85 Å². The standard InChI is InChI=1S/C13H13B/c14-13-11-7-3-1-5-9(11)10-6-2-4-8-12(10)13/h1-13H. The zero-order valence-electron chi connectivity index (χ0n) is 8.08. The molecule has 3 rings (SSSR count). The van der Waals surface area contributed by atoms with Crippen LogP contribution in [0.25, 0.3) is 0 Å². The van der Waals surface area contributed by atoms with E-state index in [-0.39, 0.29) is 0 Å². The lowest BCUT2D eigenvalue weighted by molar-refractivity contribution is 0.461. The molecule has 0 aromatic rings. The summed E-state index contributed by atoms with van der Waals surface area (Å²) < 4.78 is 0. The lowest BCUT2D eigenvalue weighted by Gasteiger charge is -2.21. The van der Waals surface area contributed by atoms with E-state index in [0.717, 1.165) is 0 Å². The van der Waals surface area contributed by atoms with Crippen LogP contribution in [0.2, 0.25) is 5.82 Å². The first-order chi connectivity index (χ1) is 6.88. The van der Waals surface area contributed by atoms with Crippen LogP contribution >= 0.6 is 0 Å². The van der Waals surface area contributed by atoms with E-state index >= 15 is 0 Å². The summed E-state index contributed by atoms with van der Waals surface area (Å²) in [6.07, 6.45) is 17.8. The predicted octanol–water partition coefficient (Wildman–Crippen LogP) is 2.67. The molecule has 0 amide bonds. The Balaban J connectivity index is 2.00. The first kappa shape index (κ1) is 8.34. The molecule has 3 aliphatic carbocycles. The summed E-state index contributed by atoms with van der Waals surface area (Å²) in [5.41, 5.74) is 0. The third kappa shape index (κ3) is 1.02. The van der Waals surface area contributed by atoms with Gasteiger partial charge in [0.05, 0.1) is 7.85 Å². The van der Waals surface area contributed by atoms with E-state index in [1.807, 2.05) is 0 Å². The highest BCUT2D eigenvalue weighted by atomic mass is 14.5. The van der Waals surface area contributed by atoms with Crippen LogP contribution in [0, 0.1) is 23.7 Å². The van der Waals surface area contributed by atoms with Crippen LogP contribution in [0.15, 0.2) is 48.6 Å². The van der Waals surface area contributed by atoms with Gasteiger partial charge in [-0.1, -0.05) is 54.4 Å². The third-order valence-electron chi connectivity index (χ3n) is 3.78. The number of hydrogen-bond donors (Lipinski definition) is 0. The van der Waals surface area contributed by atoms with Crippen LogP contribution in [0.3, 0.4) is 0 Å². The second-order valence-electron chi connectivity index (χ2n) is 4.43. The van der Waals surface area contributed by atoms with E-state index in [4.69, 9.17) is 7.85 Å². The molecule has 0 nitrogen and oxygen atoms in total. The molecule has 1 heteroatoms. The highest BCUT2D eigenvalue weighted by Crippen LogP contribution is 2.52. The Morgan fingerprint density at radius 2 is 0.929 bits per heavy atom. The van der Waals surface area contributed by atoms with Crippen LogP contribution in [0.4, 0.5) is 0 Å². The second-order valence-corrected chi connectivity index (χ2v) is 4.43. The van der Waals surface area contributed by atoms with Crippen molar-refractivity contribution in [3.63, 3.8) is 0 Å². The van der Waals surface area contributed by atoms with Crippen molar-refractivity contribution in [2.75, 3.05) is 0 Å². The minimum Gasteiger partial charge on any atom is -0.0813 e. The molecule has 4 unspecified atom stereocenters. The van der Waals surface area contributed by atoms with E-state index in [1.54, 1.807) is 0 Å². The highest BCUT2D eigenvalue weighted by Gasteiger charge is 2.44. The Morgan fingerprint density at radius 3 is 1.36 bits per heavy atom. The van der Waals surface area contributed by atoms with E-state index in [9.17, 15) is 0 Å². The van der Waals surface area contributed by atoms with E-state index < -0.39 is 0 Å². The summed E-state index contributed by atoms with van der Waals surface area (Å²) >= 11 is 0. The maximum absolute atomic E-state index is 6.27. The minimum absolute atomic E-state index is 0.299. The Morgan fingerprint density at radius 1 is 0.571 bits per heavy atom. The normalized spacial score (nSPS) is 47.9.